The molecule has 0 unspecified atom stereocenters. The van der Waals surface area contributed by atoms with Gasteiger partial charge < -0.3 is 4.74 Å². The number of benzene rings is 3. The van der Waals surface area contributed by atoms with E-state index in [1.54, 1.807) is 30.3 Å². The first-order valence-electron chi connectivity index (χ1n) is 8.63. The van der Waals surface area contributed by atoms with Crippen LogP contribution in [-0.4, -0.2) is 20.6 Å². The van der Waals surface area contributed by atoms with Crippen molar-refractivity contribution in [1.82, 2.24) is 4.83 Å². The molecule has 0 aliphatic carbocycles. The average Bonchev–Trinajstić information content (AvgIpc) is 2.68. The van der Waals surface area contributed by atoms with Crippen LogP contribution in [0.25, 0.3) is 0 Å². The second kappa shape index (κ2) is 9.30. The van der Waals surface area contributed by atoms with Gasteiger partial charge >= 0.3 is 5.97 Å². The van der Waals surface area contributed by atoms with Gasteiger partial charge in [0.25, 0.3) is 10.0 Å². The van der Waals surface area contributed by atoms with Gasteiger partial charge in [-0.3, -0.25) is 0 Å². The molecule has 3 aromatic rings. The lowest BCUT2D eigenvalue weighted by atomic mass is 10.2. The number of sulfonamides is 1. The van der Waals surface area contributed by atoms with Crippen LogP contribution >= 0.6 is 23.2 Å². The molecule has 0 bridgehead atoms. The zero-order valence-corrected chi connectivity index (χ0v) is 18.0. The number of aryl methyl sites for hydroxylation is 1. The Hall–Kier alpha value is -2.87. The number of esters is 1. The fourth-order valence-electron chi connectivity index (χ4n) is 2.42. The summed E-state index contributed by atoms with van der Waals surface area (Å²) in [5, 5.41) is 4.36. The molecule has 30 heavy (non-hydrogen) atoms. The monoisotopic (exact) mass is 462 g/mol. The van der Waals surface area contributed by atoms with Gasteiger partial charge in [0.1, 0.15) is 5.75 Å². The number of nitrogens with one attached hydrogen (secondary N) is 1. The zero-order valence-electron chi connectivity index (χ0n) is 15.7. The molecule has 0 spiro atoms. The third-order valence-electron chi connectivity index (χ3n) is 3.94. The zero-order chi connectivity index (χ0) is 21.7. The molecule has 3 aromatic carbocycles. The van der Waals surface area contributed by atoms with E-state index in [1.807, 2.05) is 6.92 Å². The highest BCUT2D eigenvalue weighted by atomic mass is 35.5. The minimum Gasteiger partial charge on any atom is -0.423 e. The van der Waals surface area contributed by atoms with E-state index in [4.69, 9.17) is 27.9 Å². The lowest BCUT2D eigenvalue weighted by Crippen LogP contribution is -2.18. The molecule has 0 aliphatic rings. The van der Waals surface area contributed by atoms with Gasteiger partial charge in [-0.25, -0.2) is 9.63 Å². The van der Waals surface area contributed by atoms with E-state index in [0.717, 1.165) is 5.56 Å². The highest BCUT2D eigenvalue weighted by Crippen LogP contribution is 2.23. The number of hydrogen-bond acceptors (Lipinski definition) is 5. The Kier molecular flexibility index (Phi) is 6.77. The van der Waals surface area contributed by atoms with Crippen molar-refractivity contribution in [2.24, 2.45) is 5.10 Å². The van der Waals surface area contributed by atoms with Gasteiger partial charge in [-0.05, 0) is 55.0 Å². The van der Waals surface area contributed by atoms with E-state index in [2.05, 4.69) is 9.93 Å². The Morgan fingerprint density at radius 1 is 1.03 bits per heavy atom. The van der Waals surface area contributed by atoms with Crippen LogP contribution in [0.4, 0.5) is 0 Å². The van der Waals surface area contributed by atoms with E-state index >= 15 is 0 Å². The number of rotatable bonds is 6. The largest absolute Gasteiger partial charge is 0.423 e. The highest BCUT2D eigenvalue weighted by molar-refractivity contribution is 7.89. The second-order valence-corrected chi connectivity index (χ2v) is 8.76. The van der Waals surface area contributed by atoms with Crippen LogP contribution in [-0.2, 0) is 10.0 Å². The minimum absolute atomic E-state index is 0.104. The van der Waals surface area contributed by atoms with Gasteiger partial charge in [0.05, 0.1) is 21.7 Å². The molecule has 154 valence electrons. The van der Waals surface area contributed by atoms with Crippen LogP contribution in [0, 0.1) is 6.92 Å². The van der Waals surface area contributed by atoms with Crippen molar-refractivity contribution in [3.8, 4) is 5.75 Å². The third-order valence-corrected chi connectivity index (χ3v) is 5.72. The fourth-order valence-corrected chi connectivity index (χ4v) is 3.69. The van der Waals surface area contributed by atoms with Gasteiger partial charge in [0.15, 0.2) is 0 Å². The molecule has 0 saturated carbocycles. The van der Waals surface area contributed by atoms with E-state index in [-0.39, 0.29) is 21.2 Å². The molecule has 0 aromatic heterocycles. The summed E-state index contributed by atoms with van der Waals surface area (Å²) in [6, 6.07) is 17.3. The Balaban J connectivity index is 1.69. The maximum atomic E-state index is 12.3. The van der Waals surface area contributed by atoms with Crippen molar-refractivity contribution in [1.29, 1.82) is 0 Å². The van der Waals surface area contributed by atoms with Gasteiger partial charge in [-0.2, -0.15) is 13.5 Å². The number of carbonyl (C=O) groups excluding carboxylic acids is 1. The Bertz CT molecular complexity index is 1210. The predicted octanol–water partition coefficient (Wildman–Crippen LogP) is 4.83. The molecule has 0 amide bonds. The summed E-state index contributed by atoms with van der Waals surface area (Å²) >= 11 is 11.8. The SMILES string of the molecule is Cc1ccc(S(=O)(=O)NN=Cc2cccc(OC(=O)c3ccc(Cl)cc3Cl)c2)cc1. The summed E-state index contributed by atoms with van der Waals surface area (Å²) in [4.78, 5) is 14.6. The first-order valence-corrected chi connectivity index (χ1v) is 10.9. The summed E-state index contributed by atoms with van der Waals surface area (Å²) in [5.74, 6) is -0.401. The van der Waals surface area contributed by atoms with Crippen molar-refractivity contribution < 1.29 is 17.9 Å². The second-order valence-electron chi connectivity index (χ2n) is 6.25. The van der Waals surface area contributed by atoms with E-state index < -0.39 is 16.0 Å². The highest BCUT2D eigenvalue weighted by Gasteiger charge is 2.14. The summed E-state index contributed by atoms with van der Waals surface area (Å²) < 4.78 is 29.8. The maximum absolute atomic E-state index is 12.3. The third kappa shape index (κ3) is 5.60. The first kappa shape index (κ1) is 21.8. The normalized spacial score (nSPS) is 11.4. The van der Waals surface area contributed by atoms with Gasteiger partial charge in [0, 0.05) is 5.02 Å². The van der Waals surface area contributed by atoms with Crippen LogP contribution in [0.15, 0.2) is 76.7 Å². The van der Waals surface area contributed by atoms with Crippen molar-refractivity contribution >= 4 is 45.4 Å². The average molecular weight is 463 g/mol. The molecule has 0 radical (unpaired) electrons. The van der Waals surface area contributed by atoms with E-state index in [0.29, 0.717) is 10.6 Å². The molecule has 1 N–H and O–H groups in total. The van der Waals surface area contributed by atoms with Gasteiger partial charge in [0.2, 0.25) is 0 Å². The van der Waals surface area contributed by atoms with Gasteiger partial charge in [-0.15, -0.1) is 0 Å². The summed E-state index contributed by atoms with van der Waals surface area (Å²) in [5.41, 5.74) is 1.64. The first-order chi connectivity index (χ1) is 14.2. The number of ether oxygens (including phenoxy) is 1. The van der Waals surface area contributed by atoms with Crippen LogP contribution in [0.3, 0.4) is 0 Å². The fraction of sp³-hybridized carbons (Fsp3) is 0.0476. The number of halogens is 2. The molecule has 0 heterocycles. The van der Waals surface area contributed by atoms with Gasteiger partial charge in [-0.1, -0.05) is 53.0 Å². The number of hydrazone groups is 1. The number of carbonyl (C=O) groups is 1. The van der Waals surface area contributed by atoms with Crippen LogP contribution in [0.2, 0.25) is 10.0 Å². The molecular weight excluding hydrogens is 447 g/mol. The number of nitrogens with zero attached hydrogens (tertiary/aromatic N) is 1. The van der Waals surface area contributed by atoms with Crippen molar-refractivity contribution in [3.05, 3.63) is 93.5 Å². The van der Waals surface area contributed by atoms with Crippen LogP contribution < -0.4 is 9.57 Å². The molecule has 0 fully saturated rings. The van der Waals surface area contributed by atoms with E-state index in [9.17, 15) is 13.2 Å². The summed E-state index contributed by atoms with van der Waals surface area (Å²) in [6.07, 6.45) is 1.30. The molecular formula is C21H16Cl2N2O4S. The Labute approximate surface area is 184 Å². The lowest BCUT2D eigenvalue weighted by Gasteiger charge is -2.07. The minimum atomic E-state index is -3.78. The summed E-state index contributed by atoms with van der Waals surface area (Å²) in [7, 11) is -3.78. The lowest BCUT2D eigenvalue weighted by molar-refractivity contribution is 0.0735. The number of hydrogen-bond donors (Lipinski definition) is 1. The predicted molar refractivity (Wildman–Crippen MR) is 117 cm³/mol. The molecule has 0 atom stereocenters. The maximum Gasteiger partial charge on any atom is 0.345 e. The van der Waals surface area contributed by atoms with Crippen LogP contribution in [0.5, 0.6) is 5.75 Å². The molecule has 6 nitrogen and oxygen atoms in total. The molecule has 0 saturated heterocycles. The topological polar surface area (TPSA) is 84.8 Å². The van der Waals surface area contributed by atoms with Crippen LogP contribution in [0.1, 0.15) is 21.5 Å². The molecule has 0 aliphatic heterocycles. The van der Waals surface area contributed by atoms with Crippen molar-refractivity contribution in [2.45, 2.75) is 11.8 Å². The Morgan fingerprint density at radius 2 is 1.77 bits per heavy atom. The quantitative estimate of drug-likeness (QED) is 0.246. The van der Waals surface area contributed by atoms with Crippen molar-refractivity contribution in [2.75, 3.05) is 0 Å². The molecule has 3 rings (SSSR count). The standard InChI is InChI=1S/C21H16Cl2N2O4S/c1-14-5-8-18(9-6-14)30(27,28)25-24-13-15-3-2-4-17(11-15)29-21(26)19-10-7-16(22)12-20(19)23/h2-13,25H,1H3. The summed E-state index contributed by atoms with van der Waals surface area (Å²) in [6.45, 7) is 1.86. The molecule has 9 heteroatoms. The van der Waals surface area contributed by atoms with Crippen molar-refractivity contribution in [3.63, 3.8) is 0 Å². The smallest absolute Gasteiger partial charge is 0.345 e. The Morgan fingerprint density at radius 3 is 2.47 bits per heavy atom. The van der Waals surface area contributed by atoms with E-state index in [1.165, 1.54) is 42.6 Å².